The van der Waals surface area contributed by atoms with Crippen LogP contribution in [-0.2, 0) is 35.1 Å². The topological polar surface area (TPSA) is 95.6 Å². The third kappa shape index (κ3) is 5.54. The van der Waals surface area contributed by atoms with Gasteiger partial charge in [0.25, 0.3) is 0 Å². The van der Waals surface area contributed by atoms with Crippen molar-refractivity contribution in [3.63, 3.8) is 0 Å². The van der Waals surface area contributed by atoms with Crippen LogP contribution in [0.2, 0.25) is 0 Å². The molecule has 2 heterocycles. The van der Waals surface area contributed by atoms with Gasteiger partial charge in [0.2, 0.25) is 5.91 Å². The molecule has 0 unspecified atom stereocenters. The number of hydrogen-bond acceptors (Lipinski definition) is 7. The summed E-state index contributed by atoms with van der Waals surface area (Å²) in [7, 11) is 0. The van der Waals surface area contributed by atoms with Crippen LogP contribution in [0.3, 0.4) is 0 Å². The summed E-state index contributed by atoms with van der Waals surface area (Å²) in [6.45, 7) is 6.03. The number of ether oxygens (including phenoxy) is 5. The van der Waals surface area contributed by atoms with E-state index in [1.807, 2.05) is 44.2 Å². The van der Waals surface area contributed by atoms with Gasteiger partial charge in [0.15, 0.2) is 5.79 Å². The molecule has 3 fully saturated rings. The van der Waals surface area contributed by atoms with Crippen LogP contribution in [0.1, 0.15) is 25.8 Å². The molecule has 170 valence electrons. The van der Waals surface area contributed by atoms with E-state index >= 15 is 0 Å². The predicted octanol–water partition coefficient (Wildman–Crippen LogP) is 1.45. The van der Waals surface area contributed by atoms with E-state index < -0.39 is 11.9 Å². The van der Waals surface area contributed by atoms with Crippen molar-refractivity contribution in [1.29, 1.82) is 0 Å². The van der Waals surface area contributed by atoms with Gasteiger partial charge in [0.05, 0.1) is 25.4 Å². The highest BCUT2D eigenvalue weighted by Gasteiger charge is 2.55. The fourth-order valence-electron chi connectivity index (χ4n) is 4.24. The predicted molar refractivity (Wildman–Crippen MR) is 109 cm³/mol. The summed E-state index contributed by atoms with van der Waals surface area (Å²) in [4.78, 5) is 26.5. The fourth-order valence-corrected chi connectivity index (χ4v) is 4.24. The van der Waals surface area contributed by atoms with E-state index in [0.29, 0.717) is 32.7 Å². The second-order valence-electron chi connectivity index (χ2n) is 8.46. The summed E-state index contributed by atoms with van der Waals surface area (Å²) in [5.74, 6) is -0.865. The molecule has 9 nitrogen and oxygen atoms in total. The van der Waals surface area contributed by atoms with Gasteiger partial charge in [-0.15, -0.1) is 0 Å². The molecular formula is C22H30N2O7. The Morgan fingerprint density at radius 2 is 1.84 bits per heavy atom. The smallest absolute Gasteiger partial charge is 0.407 e. The summed E-state index contributed by atoms with van der Waals surface area (Å²) >= 11 is 0. The minimum absolute atomic E-state index is 0.0388. The molecule has 3 aliphatic rings. The van der Waals surface area contributed by atoms with Crippen LogP contribution in [-0.4, -0.2) is 80.0 Å². The van der Waals surface area contributed by atoms with Gasteiger partial charge >= 0.3 is 6.09 Å². The molecule has 0 radical (unpaired) electrons. The summed E-state index contributed by atoms with van der Waals surface area (Å²) in [5.41, 5.74) is 0.909. The second kappa shape index (κ2) is 9.52. The Morgan fingerprint density at radius 1 is 1.13 bits per heavy atom. The van der Waals surface area contributed by atoms with Gasteiger partial charge in [-0.25, -0.2) is 4.79 Å². The molecule has 2 amide bonds. The molecule has 2 saturated heterocycles. The van der Waals surface area contributed by atoms with Crippen LogP contribution < -0.4 is 5.32 Å². The van der Waals surface area contributed by atoms with Crippen molar-refractivity contribution in [1.82, 2.24) is 10.2 Å². The molecule has 1 aromatic rings. The lowest BCUT2D eigenvalue weighted by molar-refractivity contribution is -0.171. The normalized spacial score (nSPS) is 29.4. The van der Waals surface area contributed by atoms with Crippen molar-refractivity contribution in [2.24, 2.45) is 0 Å². The Bertz CT molecular complexity index is 766. The lowest BCUT2D eigenvalue weighted by atomic mass is 10.2. The number of nitrogens with one attached hydrogen (secondary N) is 1. The molecule has 2 aliphatic heterocycles. The zero-order valence-electron chi connectivity index (χ0n) is 18.0. The Morgan fingerprint density at radius 3 is 2.58 bits per heavy atom. The molecule has 1 aromatic carbocycles. The minimum Gasteiger partial charge on any atom is -0.445 e. The largest absolute Gasteiger partial charge is 0.445 e. The summed E-state index contributed by atoms with van der Waals surface area (Å²) in [6, 6.07) is 9.15. The highest BCUT2D eigenvalue weighted by atomic mass is 16.8. The monoisotopic (exact) mass is 434 g/mol. The van der Waals surface area contributed by atoms with Gasteiger partial charge in [-0.05, 0) is 25.8 Å². The van der Waals surface area contributed by atoms with Crippen molar-refractivity contribution in [3.05, 3.63) is 35.9 Å². The zero-order chi connectivity index (χ0) is 21.8. The van der Waals surface area contributed by atoms with E-state index in [2.05, 4.69) is 5.32 Å². The first-order valence-electron chi connectivity index (χ1n) is 10.7. The van der Waals surface area contributed by atoms with E-state index in [-0.39, 0.29) is 43.5 Å². The molecule has 9 heteroatoms. The molecule has 31 heavy (non-hydrogen) atoms. The number of fused-ring (bicyclic) bond motifs is 1. The number of amides is 2. The highest BCUT2D eigenvalue weighted by Crippen LogP contribution is 2.39. The lowest BCUT2D eigenvalue weighted by Crippen LogP contribution is -2.43. The van der Waals surface area contributed by atoms with Crippen LogP contribution in [0.4, 0.5) is 4.79 Å². The first kappa shape index (κ1) is 22.0. The molecule has 0 spiro atoms. The van der Waals surface area contributed by atoms with E-state index in [1.54, 1.807) is 4.90 Å². The van der Waals surface area contributed by atoms with Crippen LogP contribution in [0, 0.1) is 0 Å². The van der Waals surface area contributed by atoms with Crippen molar-refractivity contribution in [2.45, 2.75) is 57.0 Å². The molecule has 4 rings (SSSR count). The molecule has 1 aliphatic carbocycles. The molecule has 1 saturated carbocycles. The third-order valence-corrected chi connectivity index (χ3v) is 5.71. The number of nitrogens with zero attached hydrogens (tertiary/aromatic N) is 1. The lowest BCUT2D eigenvalue weighted by Gasteiger charge is -2.28. The van der Waals surface area contributed by atoms with Crippen LogP contribution >= 0.6 is 0 Å². The average Bonchev–Trinajstić information content (AvgIpc) is 3.25. The Hall–Kier alpha value is -2.20. The van der Waals surface area contributed by atoms with Gasteiger partial charge in [0.1, 0.15) is 25.4 Å². The summed E-state index contributed by atoms with van der Waals surface area (Å²) < 4.78 is 28.6. The standard InChI is InChI=1S/C22H30N2O7/c1-22(2)30-19-16(23-21(26)29-13-15-6-4-3-5-7-15)12-17(20(19)31-22)28-14-18(25)24-8-10-27-11-9-24/h3-7,16-17,19-20H,8-14H2,1-2H3,(H,23,26)/t16-,17+,19+,20-/m1/s1. The number of alkyl carbamates (subject to hydrolysis) is 1. The first-order chi connectivity index (χ1) is 14.9. The molecule has 4 atom stereocenters. The van der Waals surface area contributed by atoms with E-state index in [9.17, 15) is 9.59 Å². The summed E-state index contributed by atoms with van der Waals surface area (Å²) in [5, 5.41) is 2.88. The Balaban J connectivity index is 1.31. The van der Waals surface area contributed by atoms with E-state index in [4.69, 9.17) is 23.7 Å². The second-order valence-corrected chi connectivity index (χ2v) is 8.46. The quantitative estimate of drug-likeness (QED) is 0.724. The van der Waals surface area contributed by atoms with Gasteiger partial charge in [-0.1, -0.05) is 30.3 Å². The van der Waals surface area contributed by atoms with E-state index in [0.717, 1.165) is 5.56 Å². The van der Waals surface area contributed by atoms with Crippen LogP contribution in [0.5, 0.6) is 0 Å². The van der Waals surface area contributed by atoms with E-state index in [1.165, 1.54) is 0 Å². The van der Waals surface area contributed by atoms with Crippen molar-refractivity contribution in [2.75, 3.05) is 32.9 Å². The third-order valence-electron chi connectivity index (χ3n) is 5.71. The minimum atomic E-state index is -0.792. The maximum atomic E-state index is 12.4. The number of carbonyl (C=O) groups is 2. The van der Waals surface area contributed by atoms with Crippen molar-refractivity contribution >= 4 is 12.0 Å². The van der Waals surface area contributed by atoms with Crippen LogP contribution in [0.15, 0.2) is 30.3 Å². The van der Waals surface area contributed by atoms with Crippen molar-refractivity contribution in [3.8, 4) is 0 Å². The van der Waals surface area contributed by atoms with Gasteiger partial charge in [-0.3, -0.25) is 4.79 Å². The average molecular weight is 434 g/mol. The number of benzene rings is 1. The van der Waals surface area contributed by atoms with Gasteiger partial charge in [0, 0.05) is 13.1 Å². The van der Waals surface area contributed by atoms with Crippen LogP contribution in [0.25, 0.3) is 0 Å². The molecule has 1 N–H and O–H groups in total. The Labute approximate surface area is 181 Å². The number of morpholine rings is 1. The number of hydrogen-bond donors (Lipinski definition) is 1. The molecule has 0 bridgehead atoms. The SMILES string of the molecule is CC1(C)O[C@@H]2[C@H](O1)[C@@H](OCC(=O)N1CCOCC1)C[C@H]2NC(=O)OCc1ccccc1. The zero-order valence-corrected chi connectivity index (χ0v) is 18.0. The van der Waals surface area contributed by atoms with Crippen molar-refractivity contribution < 1.29 is 33.3 Å². The maximum Gasteiger partial charge on any atom is 0.407 e. The maximum absolute atomic E-state index is 12.4. The Kier molecular flexibility index (Phi) is 6.76. The summed E-state index contributed by atoms with van der Waals surface area (Å²) in [6.07, 6.45) is -1.15. The molecular weight excluding hydrogens is 404 g/mol. The van der Waals surface area contributed by atoms with Gasteiger partial charge < -0.3 is 33.9 Å². The number of carbonyl (C=O) groups excluding carboxylic acids is 2. The first-order valence-corrected chi connectivity index (χ1v) is 10.7. The number of rotatable bonds is 6. The molecule has 0 aromatic heterocycles. The highest BCUT2D eigenvalue weighted by molar-refractivity contribution is 5.77. The fraction of sp³-hybridized carbons (Fsp3) is 0.636. The van der Waals surface area contributed by atoms with Gasteiger partial charge in [-0.2, -0.15) is 0 Å².